The van der Waals surface area contributed by atoms with Gasteiger partial charge in [0.05, 0.1) is 0 Å². The summed E-state index contributed by atoms with van der Waals surface area (Å²) in [6.07, 6.45) is 1.86. The third-order valence-electron chi connectivity index (χ3n) is 2.75. The number of rotatable bonds is 5. The standard InChI is InChI=1S/C14H21N3S/c1-4-17(5-2)11-10-15-14(18)16-13-8-6-12(3)7-9-13/h6-10H,4-5,11H2,1-3H3,(H,16,18). The van der Waals surface area contributed by atoms with Crippen LogP contribution in [0, 0.1) is 6.92 Å². The second kappa shape index (κ2) is 7.95. The molecule has 0 heterocycles. The first-order chi connectivity index (χ1) is 8.65. The van der Waals surface area contributed by atoms with E-state index in [1.54, 1.807) is 0 Å². The maximum atomic E-state index is 5.17. The lowest BCUT2D eigenvalue weighted by Gasteiger charge is -2.14. The Morgan fingerprint density at radius 1 is 1.28 bits per heavy atom. The van der Waals surface area contributed by atoms with Crippen molar-refractivity contribution in [2.45, 2.75) is 20.8 Å². The molecular formula is C14H21N3S. The molecule has 0 aliphatic heterocycles. The smallest absolute Gasteiger partial charge is 0.196 e. The van der Waals surface area contributed by atoms with Crippen LogP contribution in [0.4, 0.5) is 5.69 Å². The van der Waals surface area contributed by atoms with E-state index in [4.69, 9.17) is 12.2 Å². The fraction of sp³-hybridized carbons (Fsp3) is 0.429. The molecule has 1 rings (SSSR count). The number of aryl methyl sites for hydroxylation is 1. The fourth-order valence-electron chi connectivity index (χ4n) is 1.51. The molecule has 0 unspecified atom stereocenters. The molecule has 0 saturated heterocycles. The van der Waals surface area contributed by atoms with Crippen LogP contribution in [-0.2, 0) is 0 Å². The van der Waals surface area contributed by atoms with Crippen molar-refractivity contribution in [3.8, 4) is 0 Å². The van der Waals surface area contributed by atoms with Gasteiger partial charge in [-0.3, -0.25) is 4.90 Å². The van der Waals surface area contributed by atoms with Crippen LogP contribution in [-0.4, -0.2) is 35.9 Å². The summed E-state index contributed by atoms with van der Waals surface area (Å²) >= 11 is 5.17. The summed E-state index contributed by atoms with van der Waals surface area (Å²) in [5, 5.41) is 3.60. The lowest BCUT2D eigenvalue weighted by molar-refractivity contribution is 0.350. The van der Waals surface area contributed by atoms with Crippen LogP contribution < -0.4 is 5.32 Å². The molecule has 98 valence electrons. The molecule has 1 aromatic rings. The molecule has 1 aromatic carbocycles. The highest BCUT2D eigenvalue weighted by Crippen LogP contribution is 2.08. The van der Waals surface area contributed by atoms with Gasteiger partial charge in [-0.2, -0.15) is 0 Å². The number of nitrogens with zero attached hydrogens (tertiary/aromatic N) is 2. The largest absolute Gasteiger partial charge is 0.331 e. The minimum Gasteiger partial charge on any atom is -0.331 e. The Bertz CT molecular complexity index is 394. The highest BCUT2D eigenvalue weighted by molar-refractivity contribution is 7.80. The van der Waals surface area contributed by atoms with Crippen molar-refractivity contribution >= 4 is 29.2 Å². The maximum Gasteiger partial charge on any atom is 0.196 e. The van der Waals surface area contributed by atoms with Gasteiger partial charge < -0.3 is 5.32 Å². The van der Waals surface area contributed by atoms with Crippen LogP contribution in [0.25, 0.3) is 0 Å². The van der Waals surface area contributed by atoms with Gasteiger partial charge in [0.1, 0.15) is 0 Å². The van der Waals surface area contributed by atoms with Crippen LogP contribution in [0.5, 0.6) is 0 Å². The molecule has 0 spiro atoms. The van der Waals surface area contributed by atoms with Crippen molar-refractivity contribution in [3.05, 3.63) is 29.8 Å². The van der Waals surface area contributed by atoms with Gasteiger partial charge in [-0.25, -0.2) is 4.99 Å². The Kier molecular flexibility index (Phi) is 6.54. The zero-order chi connectivity index (χ0) is 13.4. The van der Waals surface area contributed by atoms with E-state index in [1.165, 1.54) is 5.56 Å². The van der Waals surface area contributed by atoms with E-state index in [0.717, 1.165) is 25.3 Å². The van der Waals surface area contributed by atoms with Crippen LogP contribution >= 0.6 is 12.2 Å². The van der Waals surface area contributed by atoms with E-state index in [2.05, 4.69) is 36.0 Å². The number of thiocarbonyl (C=S) groups is 1. The monoisotopic (exact) mass is 263 g/mol. The average Bonchev–Trinajstić information content (AvgIpc) is 2.37. The summed E-state index contributed by atoms with van der Waals surface area (Å²) in [6, 6.07) is 8.10. The van der Waals surface area contributed by atoms with E-state index in [0.29, 0.717) is 5.11 Å². The SMILES string of the molecule is CCN(CC)CC=NC(=S)Nc1ccc(C)cc1. The Hall–Kier alpha value is -1.26. The highest BCUT2D eigenvalue weighted by atomic mass is 32.1. The molecule has 1 N–H and O–H groups in total. The van der Waals surface area contributed by atoms with Gasteiger partial charge >= 0.3 is 0 Å². The predicted molar refractivity (Wildman–Crippen MR) is 83.7 cm³/mol. The number of benzene rings is 1. The van der Waals surface area contributed by atoms with Gasteiger partial charge in [0.2, 0.25) is 0 Å². The second-order valence-electron chi connectivity index (χ2n) is 4.09. The molecular weight excluding hydrogens is 242 g/mol. The molecule has 18 heavy (non-hydrogen) atoms. The van der Waals surface area contributed by atoms with Gasteiger partial charge in [0, 0.05) is 18.4 Å². The van der Waals surface area contributed by atoms with Crippen LogP contribution in [0.3, 0.4) is 0 Å². The van der Waals surface area contributed by atoms with Gasteiger partial charge in [-0.05, 0) is 44.4 Å². The Balaban J connectivity index is 2.41. The fourth-order valence-corrected chi connectivity index (χ4v) is 1.71. The molecule has 0 saturated carbocycles. The van der Waals surface area contributed by atoms with Crippen LogP contribution in [0.15, 0.2) is 29.3 Å². The predicted octanol–water partition coefficient (Wildman–Crippen LogP) is 3.10. The summed E-state index contributed by atoms with van der Waals surface area (Å²) in [5.41, 5.74) is 2.21. The minimum absolute atomic E-state index is 0.506. The molecule has 0 atom stereocenters. The van der Waals surface area contributed by atoms with Crippen LogP contribution in [0.1, 0.15) is 19.4 Å². The van der Waals surface area contributed by atoms with E-state index in [9.17, 15) is 0 Å². The summed E-state index contributed by atoms with van der Waals surface area (Å²) < 4.78 is 0. The van der Waals surface area contributed by atoms with Gasteiger partial charge in [0.25, 0.3) is 0 Å². The summed E-state index contributed by atoms with van der Waals surface area (Å²) in [5.74, 6) is 0. The summed E-state index contributed by atoms with van der Waals surface area (Å²) in [4.78, 5) is 6.51. The van der Waals surface area contributed by atoms with Crippen molar-refractivity contribution in [2.75, 3.05) is 25.0 Å². The number of anilines is 1. The van der Waals surface area contributed by atoms with E-state index >= 15 is 0 Å². The van der Waals surface area contributed by atoms with Crippen molar-refractivity contribution in [1.82, 2.24) is 4.90 Å². The number of nitrogens with one attached hydrogen (secondary N) is 1. The van der Waals surface area contributed by atoms with E-state index < -0.39 is 0 Å². The Morgan fingerprint density at radius 3 is 2.44 bits per heavy atom. The molecule has 0 bridgehead atoms. The molecule has 0 aliphatic carbocycles. The third kappa shape index (κ3) is 5.38. The maximum absolute atomic E-state index is 5.17. The molecule has 0 fully saturated rings. The zero-order valence-corrected chi connectivity index (χ0v) is 12.1. The summed E-state index contributed by atoms with van der Waals surface area (Å²) in [7, 11) is 0. The topological polar surface area (TPSA) is 27.6 Å². The number of hydrogen-bond acceptors (Lipinski definition) is 2. The molecule has 0 aromatic heterocycles. The molecule has 3 nitrogen and oxygen atoms in total. The number of aliphatic imine (C=N–C) groups is 1. The highest BCUT2D eigenvalue weighted by Gasteiger charge is 1.97. The second-order valence-corrected chi connectivity index (χ2v) is 4.48. The first-order valence-electron chi connectivity index (χ1n) is 6.28. The van der Waals surface area contributed by atoms with Crippen molar-refractivity contribution in [3.63, 3.8) is 0 Å². The molecule has 0 radical (unpaired) electrons. The minimum atomic E-state index is 0.506. The first kappa shape index (κ1) is 14.8. The quantitative estimate of drug-likeness (QED) is 0.653. The van der Waals surface area contributed by atoms with Gasteiger partial charge in [-0.15, -0.1) is 0 Å². The summed E-state index contributed by atoms with van der Waals surface area (Å²) in [6.45, 7) is 9.23. The molecule has 0 aliphatic rings. The van der Waals surface area contributed by atoms with E-state index in [1.807, 2.05) is 30.5 Å². The van der Waals surface area contributed by atoms with Crippen molar-refractivity contribution in [2.24, 2.45) is 4.99 Å². The zero-order valence-electron chi connectivity index (χ0n) is 11.3. The normalized spacial score (nSPS) is 11.1. The average molecular weight is 263 g/mol. The van der Waals surface area contributed by atoms with Crippen molar-refractivity contribution < 1.29 is 0 Å². The number of hydrogen-bond donors (Lipinski definition) is 1. The van der Waals surface area contributed by atoms with Crippen LogP contribution in [0.2, 0.25) is 0 Å². The lowest BCUT2D eigenvalue weighted by Crippen LogP contribution is -2.25. The van der Waals surface area contributed by atoms with Gasteiger partial charge in [0.15, 0.2) is 5.11 Å². The van der Waals surface area contributed by atoms with Gasteiger partial charge in [-0.1, -0.05) is 31.5 Å². The lowest BCUT2D eigenvalue weighted by atomic mass is 10.2. The van der Waals surface area contributed by atoms with Crippen molar-refractivity contribution in [1.29, 1.82) is 0 Å². The Labute approximate surface area is 115 Å². The Morgan fingerprint density at radius 2 is 1.89 bits per heavy atom. The first-order valence-corrected chi connectivity index (χ1v) is 6.69. The third-order valence-corrected chi connectivity index (χ3v) is 2.95. The van der Waals surface area contributed by atoms with E-state index in [-0.39, 0.29) is 0 Å². The molecule has 0 amide bonds. The molecule has 4 heteroatoms.